The summed E-state index contributed by atoms with van der Waals surface area (Å²) in [5.74, 6) is 1.16. The van der Waals surface area contributed by atoms with E-state index in [4.69, 9.17) is 14.2 Å². The van der Waals surface area contributed by atoms with Gasteiger partial charge in [0.15, 0.2) is 12.5 Å². The summed E-state index contributed by atoms with van der Waals surface area (Å²) >= 11 is 3.40. The van der Waals surface area contributed by atoms with Crippen molar-refractivity contribution in [3.8, 4) is 11.6 Å². The number of methoxy groups -OCH3 is 1. The second-order valence-corrected chi connectivity index (χ2v) is 4.63. The molecule has 0 spiro atoms. The zero-order valence-corrected chi connectivity index (χ0v) is 12.1. The molecule has 5 heteroatoms. The Morgan fingerprint density at radius 2 is 1.95 bits per heavy atom. The van der Waals surface area contributed by atoms with Gasteiger partial charge in [-0.3, -0.25) is 0 Å². The van der Waals surface area contributed by atoms with Gasteiger partial charge in [-0.25, -0.2) is 4.98 Å². The predicted molar refractivity (Wildman–Crippen MR) is 75.2 cm³/mol. The van der Waals surface area contributed by atoms with Gasteiger partial charge in [0.05, 0.1) is 10.7 Å². The fourth-order valence-corrected chi connectivity index (χ4v) is 1.85. The molecule has 0 fully saturated rings. The fourth-order valence-electron chi connectivity index (χ4n) is 1.44. The lowest BCUT2D eigenvalue weighted by Gasteiger charge is -2.09. The molecule has 19 heavy (non-hydrogen) atoms. The summed E-state index contributed by atoms with van der Waals surface area (Å²) < 4.78 is 16.5. The highest BCUT2D eigenvalue weighted by Gasteiger charge is 2.05. The average molecular weight is 324 g/mol. The van der Waals surface area contributed by atoms with Crippen LogP contribution in [0.15, 0.2) is 47.1 Å². The van der Waals surface area contributed by atoms with Crippen LogP contribution in [-0.4, -0.2) is 18.9 Å². The highest BCUT2D eigenvalue weighted by atomic mass is 79.9. The number of halogens is 1. The highest BCUT2D eigenvalue weighted by Crippen LogP contribution is 2.27. The summed E-state index contributed by atoms with van der Waals surface area (Å²) in [5, 5.41) is 0. The summed E-state index contributed by atoms with van der Waals surface area (Å²) in [6.07, 6.45) is 1.60. The van der Waals surface area contributed by atoms with E-state index in [2.05, 4.69) is 20.9 Å². The molecule has 2 aromatic rings. The first kappa shape index (κ1) is 13.8. The van der Waals surface area contributed by atoms with Gasteiger partial charge in [-0.2, -0.15) is 0 Å². The zero-order valence-electron chi connectivity index (χ0n) is 10.5. The minimum absolute atomic E-state index is 0.185. The van der Waals surface area contributed by atoms with E-state index in [0.717, 1.165) is 10.0 Å². The van der Waals surface area contributed by atoms with Crippen LogP contribution in [0.25, 0.3) is 0 Å². The quantitative estimate of drug-likeness (QED) is 0.764. The fraction of sp³-hybridized carbons (Fsp3) is 0.214. The van der Waals surface area contributed by atoms with Crippen molar-refractivity contribution in [2.45, 2.75) is 6.61 Å². The number of pyridine rings is 1. The summed E-state index contributed by atoms with van der Waals surface area (Å²) in [7, 11) is 1.57. The Labute approximate surface area is 120 Å². The monoisotopic (exact) mass is 323 g/mol. The standard InChI is InChI=1S/C14H14BrNO3/c1-17-10-19-13-8-16-14(7-12(13)15)18-9-11-5-3-2-4-6-11/h2-8H,9-10H2,1H3. The van der Waals surface area contributed by atoms with Crippen LogP contribution in [0, 0.1) is 0 Å². The molecule has 4 nitrogen and oxygen atoms in total. The molecular formula is C14H14BrNO3. The Morgan fingerprint density at radius 3 is 2.63 bits per heavy atom. The Balaban J connectivity index is 1.96. The molecule has 0 bridgehead atoms. The van der Waals surface area contributed by atoms with Gasteiger partial charge in [-0.15, -0.1) is 0 Å². The number of hydrogen-bond acceptors (Lipinski definition) is 4. The molecule has 0 saturated heterocycles. The SMILES string of the molecule is COCOc1cnc(OCc2ccccc2)cc1Br. The molecule has 1 aromatic heterocycles. The molecule has 0 unspecified atom stereocenters. The van der Waals surface area contributed by atoms with Crippen molar-refractivity contribution >= 4 is 15.9 Å². The number of ether oxygens (including phenoxy) is 3. The van der Waals surface area contributed by atoms with Crippen molar-refractivity contribution < 1.29 is 14.2 Å². The van der Waals surface area contributed by atoms with Crippen LogP contribution in [-0.2, 0) is 11.3 Å². The molecule has 0 aliphatic heterocycles. The molecule has 0 saturated carbocycles. The molecule has 0 N–H and O–H groups in total. The lowest BCUT2D eigenvalue weighted by molar-refractivity contribution is 0.0502. The highest BCUT2D eigenvalue weighted by molar-refractivity contribution is 9.10. The van der Waals surface area contributed by atoms with Crippen molar-refractivity contribution in [3.05, 3.63) is 52.6 Å². The van der Waals surface area contributed by atoms with E-state index in [-0.39, 0.29) is 6.79 Å². The lowest BCUT2D eigenvalue weighted by Crippen LogP contribution is -2.01. The molecule has 2 rings (SSSR count). The van der Waals surface area contributed by atoms with E-state index in [1.807, 2.05) is 30.3 Å². The third kappa shape index (κ3) is 4.22. The molecule has 0 atom stereocenters. The lowest BCUT2D eigenvalue weighted by atomic mass is 10.2. The maximum absolute atomic E-state index is 5.60. The second kappa shape index (κ2) is 7.11. The third-order valence-corrected chi connectivity index (χ3v) is 2.98. The number of rotatable bonds is 6. The Kier molecular flexibility index (Phi) is 5.18. The first-order chi connectivity index (χ1) is 9.29. The summed E-state index contributed by atoms with van der Waals surface area (Å²) in [5.41, 5.74) is 1.10. The third-order valence-electron chi connectivity index (χ3n) is 2.36. The average Bonchev–Trinajstić information content (AvgIpc) is 2.45. The topological polar surface area (TPSA) is 40.6 Å². The number of nitrogens with zero attached hydrogens (tertiary/aromatic N) is 1. The van der Waals surface area contributed by atoms with Gasteiger partial charge in [0, 0.05) is 13.2 Å². The van der Waals surface area contributed by atoms with Crippen LogP contribution in [0.2, 0.25) is 0 Å². The van der Waals surface area contributed by atoms with Gasteiger partial charge in [0.1, 0.15) is 6.61 Å². The summed E-state index contributed by atoms with van der Waals surface area (Å²) in [6.45, 7) is 0.670. The molecule has 1 aromatic carbocycles. The molecule has 0 aliphatic rings. The van der Waals surface area contributed by atoms with E-state index in [9.17, 15) is 0 Å². The molecular weight excluding hydrogens is 310 g/mol. The van der Waals surface area contributed by atoms with Gasteiger partial charge in [0.25, 0.3) is 0 Å². The van der Waals surface area contributed by atoms with Gasteiger partial charge in [-0.1, -0.05) is 30.3 Å². The van der Waals surface area contributed by atoms with Crippen molar-refractivity contribution in [2.24, 2.45) is 0 Å². The molecule has 1 heterocycles. The van der Waals surface area contributed by atoms with Crippen LogP contribution in [0.4, 0.5) is 0 Å². The van der Waals surface area contributed by atoms with E-state index >= 15 is 0 Å². The molecule has 100 valence electrons. The zero-order chi connectivity index (χ0) is 13.5. The van der Waals surface area contributed by atoms with Crippen molar-refractivity contribution in [1.82, 2.24) is 4.98 Å². The second-order valence-electron chi connectivity index (χ2n) is 3.78. The Morgan fingerprint density at radius 1 is 1.16 bits per heavy atom. The van der Waals surface area contributed by atoms with Crippen molar-refractivity contribution in [2.75, 3.05) is 13.9 Å². The van der Waals surface area contributed by atoms with Gasteiger partial charge < -0.3 is 14.2 Å². The van der Waals surface area contributed by atoms with Crippen molar-refractivity contribution in [3.63, 3.8) is 0 Å². The minimum atomic E-state index is 0.185. The Hall–Kier alpha value is -1.59. The predicted octanol–water partition coefficient (Wildman–Crippen LogP) is 3.41. The Bertz CT molecular complexity index is 519. The maximum Gasteiger partial charge on any atom is 0.214 e. The van der Waals surface area contributed by atoms with Crippen LogP contribution >= 0.6 is 15.9 Å². The van der Waals surface area contributed by atoms with E-state index in [1.165, 1.54) is 0 Å². The largest absolute Gasteiger partial charge is 0.473 e. The van der Waals surface area contributed by atoms with Crippen LogP contribution in [0.5, 0.6) is 11.6 Å². The number of hydrogen-bond donors (Lipinski definition) is 0. The summed E-state index contributed by atoms with van der Waals surface area (Å²) in [6, 6.07) is 11.7. The van der Waals surface area contributed by atoms with Gasteiger partial charge in [0.2, 0.25) is 5.88 Å². The molecule has 0 amide bonds. The van der Waals surface area contributed by atoms with E-state index in [0.29, 0.717) is 18.2 Å². The first-order valence-electron chi connectivity index (χ1n) is 5.73. The summed E-state index contributed by atoms with van der Waals surface area (Å²) in [4.78, 5) is 4.17. The minimum Gasteiger partial charge on any atom is -0.473 e. The number of benzene rings is 1. The van der Waals surface area contributed by atoms with Crippen molar-refractivity contribution in [1.29, 1.82) is 0 Å². The molecule has 0 radical (unpaired) electrons. The normalized spacial score (nSPS) is 10.2. The van der Waals surface area contributed by atoms with Crippen LogP contribution in [0.3, 0.4) is 0 Å². The number of aromatic nitrogens is 1. The van der Waals surface area contributed by atoms with Crippen LogP contribution in [0.1, 0.15) is 5.56 Å². The van der Waals surface area contributed by atoms with Gasteiger partial charge in [-0.05, 0) is 21.5 Å². The maximum atomic E-state index is 5.60. The van der Waals surface area contributed by atoms with Gasteiger partial charge >= 0.3 is 0 Å². The van der Waals surface area contributed by atoms with E-state index in [1.54, 1.807) is 19.4 Å². The van der Waals surface area contributed by atoms with E-state index < -0.39 is 0 Å². The molecule has 0 aliphatic carbocycles. The first-order valence-corrected chi connectivity index (χ1v) is 6.53. The van der Waals surface area contributed by atoms with Crippen LogP contribution < -0.4 is 9.47 Å². The smallest absolute Gasteiger partial charge is 0.214 e.